The maximum atomic E-state index is 12.7. The summed E-state index contributed by atoms with van der Waals surface area (Å²) in [5, 5.41) is 12.7. The number of carbonyl (C=O) groups excluding carboxylic acids is 2. The van der Waals surface area contributed by atoms with E-state index < -0.39 is 0 Å². The molecule has 0 saturated heterocycles. The second-order valence-corrected chi connectivity index (χ2v) is 6.00. The van der Waals surface area contributed by atoms with Crippen LogP contribution in [0.25, 0.3) is 11.1 Å². The Bertz CT molecular complexity index is 730. The summed E-state index contributed by atoms with van der Waals surface area (Å²) < 4.78 is 10.7. The van der Waals surface area contributed by atoms with Crippen LogP contribution in [-0.4, -0.2) is 25.2 Å². The summed E-state index contributed by atoms with van der Waals surface area (Å²) in [6.45, 7) is 4.11. The molecule has 6 nitrogen and oxygen atoms in total. The third kappa shape index (κ3) is 6.09. The summed E-state index contributed by atoms with van der Waals surface area (Å²) in [6.07, 6.45) is 0.808. The van der Waals surface area contributed by atoms with Crippen LogP contribution < -0.4 is 4.73 Å². The average Bonchev–Trinajstić information content (AvgIpc) is 2.67. The van der Waals surface area contributed by atoms with Crippen LogP contribution in [0.15, 0.2) is 42.5 Å². The smallest absolute Gasteiger partial charge is 0.306 e. The molecule has 0 N–H and O–H groups in total. The van der Waals surface area contributed by atoms with Gasteiger partial charge in [-0.15, -0.1) is 0 Å². The summed E-state index contributed by atoms with van der Waals surface area (Å²) in [4.78, 5) is 23.3. The number of nitrogens with zero attached hydrogens (tertiary/aromatic N) is 1. The van der Waals surface area contributed by atoms with Gasteiger partial charge >= 0.3 is 11.9 Å². The highest BCUT2D eigenvalue weighted by molar-refractivity contribution is 5.70. The minimum atomic E-state index is -0.337. The molecule has 0 fully saturated rings. The number of pyridine rings is 1. The van der Waals surface area contributed by atoms with Crippen molar-refractivity contribution in [3.63, 3.8) is 0 Å². The molecule has 2 rings (SSSR count). The molecular formula is C21H25NO5. The summed E-state index contributed by atoms with van der Waals surface area (Å²) in [7, 11) is 0. The molecule has 2 aromatic rings. The zero-order valence-electron chi connectivity index (χ0n) is 15.8. The van der Waals surface area contributed by atoms with Crippen molar-refractivity contribution in [1.29, 1.82) is 0 Å². The van der Waals surface area contributed by atoms with Gasteiger partial charge in [-0.25, -0.2) is 0 Å². The van der Waals surface area contributed by atoms with Crippen LogP contribution in [0.3, 0.4) is 0 Å². The molecule has 144 valence electrons. The summed E-state index contributed by atoms with van der Waals surface area (Å²) in [5.41, 5.74) is 2.79. The molecule has 27 heavy (non-hydrogen) atoms. The molecular weight excluding hydrogens is 346 g/mol. The average molecular weight is 371 g/mol. The van der Waals surface area contributed by atoms with Gasteiger partial charge in [-0.3, -0.25) is 9.59 Å². The van der Waals surface area contributed by atoms with Gasteiger partial charge in [0.25, 0.3) is 0 Å². The predicted octanol–water partition coefficient (Wildman–Crippen LogP) is 2.98. The lowest BCUT2D eigenvalue weighted by atomic mass is 10.0. The number of ether oxygens (including phenoxy) is 2. The van der Waals surface area contributed by atoms with E-state index in [1.54, 1.807) is 26.0 Å². The Kier molecular flexibility index (Phi) is 7.79. The van der Waals surface area contributed by atoms with E-state index in [4.69, 9.17) is 9.47 Å². The van der Waals surface area contributed by atoms with Crippen molar-refractivity contribution in [1.82, 2.24) is 0 Å². The highest BCUT2D eigenvalue weighted by Gasteiger charge is 2.18. The first kappa shape index (κ1) is 20.4. The summed E-state index contributed by atoms with van der Waals surface area (Å²) >= 11 is 0. The van der Waals surface area contributed by atoms with Gasteiger partial charge in [0.15, 0.2) is 11.4 Å². The Balaban J connectivity index is 2.29. The molecule has 0 atom stereocenters. The highest BCUT2D eigenvalue weighted by Crippen LogP contribution is 2.21. The van der Waals surface area contributed by atoms with Crippen molar-refractivity contribution >= 4 is 11.9 Å². The van der Waals surface area contributed by atoms with E-state index in [0.29, 0.717) is 24.6 Å². The van der Waals surface area contributed by atoms with Crippen LogP contribution in [0.2, 0.25) is 0 Å². The zero-order chi connectivity index (χ0) is 19.6. The number of aromatic nitrogens is 1. The van der Waals surface area contributed by atoms with Crippen molar-refractivity contribution < 1.29 is 23.8 Å². The van der Waals surface area contributed by atoms with E-state index in [1.165, 1.54) is 0 Å². The molecule has 0 aliphatic carbocycles. The lowest BCUT2D eigenvalue weighted by molar-refractivity contribution is -0.622. The fourth-order valence-electron chi connectivity index (χ4n) is 2.77. The van der Waals surface area contributed by atoms with Crippen molar-refractivity contribution in [3.8, 4) is 11.1 Å². The van der Waals surface area contributed by atoms with Gasteiger partial charge in [0, 0.05) is 25.0 Å². The second-order valence-electron chi connectivity index (χ2n) is 6.00. The van der Waals surface area contributed by atoms with Crippen LogP contribution in [0.4, 0.5) is 0 Å². The molecule has 0 saturated carbocycles. The number of esters is 2. The van der Waals surface area contributed by atoms with E-state index in [1.807, 2.05) is 30.3 Å². The van der Waals surface area contributed by atoms with Gasteiger partial charge in [-0.1, -0.05) is 30.3 Å². The van der Waals surface area contributed by atoms with Gasteiger partial charge in [0.1, 0.15) is 0 Å². The SMILES string of the molecule is CCOC(=O)CCc1cc(-c2ccccc2)cc(CCC(=O)OCC)[n+]1[O-]. The maximum absolute atomic E-state index is 12.7. The molecule has 1 aromatic carbocycles. The zero-order valence-corrected chi connectivity index (χ0v) is 15.8. The Hall–Kier alpha value is -2.89. The molecule has 0 amide bonds. The number of benzene rings is 1. The minimum Gasteiger partial charge on any atom is -0.618 e. The molecule has 0 radical (unpaired) electrons. The van der Waals surface area contributed by atoms with Crippen LogP contribution in [-0.2, 0) is 31.9 Å². The number of aryl methyl sites for hydroxylation is 2. The fraction of sp³-hybridized carbons (Fsp3) is 0.381. The van der Waals surface area contributed by atoms with Crippen molar-refractivity contribution in [2.45, 2.75) is 39.5 Å². The number of hydrogen-bond donors (Lipinski definition) is 0. The molecule has 6 heteroatoms. The lowest BCUT2D eigenvalue weighted by Gasteiger charge is -2.12. The van der Waals surface area contributed by atoms with Crippen molar-refractivity contribution in [3.05, 3.63) is 59.1 Å². The minimum absolute atomic E-state index is 0.131. The van der Waals surface area contributed by atoms with E-state index in [9.17, 15) is 14.8 Å². The Morgan fingerprint density at radius 3 is 1.78 bits per heavy atom. The first-order chi connectivity index (χ1) is 13.0. The van der Waals surface area contributed by atoms with Gasteiger partial charge in [-0.05, 0) is 25.0 Å². The molecule has 0 aliphatic heterocycles. The first-order valence-electron chi connectivity index (χ1n) is 9.17. The van der Waals surface area contributed by atoms with Crippen molar-refractivity contribution in [2.75, 3.05) is 13.2 Å². The summed E-state index contributed by atoms with van der Waals surface area (Å²) in [6, 6.07) is 13.2. The Morgan fingerprint density at radius 2 is 1.33 bits per heavy atom. The van der Waals surface area contributed by atoms with Crippen LogP contribution >= 0.6 is 0 Å². The van der Waals surface area contributed by atoms with E-state index in [2.05, 4.69) is 0 Å². The van der Waals surface area contributed by atoms with Crippen LogP contribution in [0.1, 0.15) is 38.1 Å². The van der Waals surface area contributed by atoms with Gasteiger partial charge in [0.05, 0.1) is 26.1 Å². The Labute approximate surface area is 159 Å². The summed E-state index contributed by atoms with van der Waals surface area (Å²) in [5.74, 6) is -0.675. The van der Waals surface area contributed by atoms with Crippen LogP contribution in [0, 0.1) is 5.21 Å². The topological polar surface area (TPSA) is 79.5 Å². The third-order valence-electron chi connectivity index (χ3n) is 4.05. The van der Waals surface area contributed by atoms with Gasteiger partial charge in [0.2, 0.25) is 0 Å². The lowest BCUT2D eigenvalue weighted by Crippen LogP contribution is -2.37. The van der Waals surface area contributed by atoms with Gasteiger partial charge in [-0.2, -0.15) is 4.73 Å². The number of rotatable bonds is 9. The monoisotopic (exact) mass is 371 g/mol. The number of carbonyl (C=O) groups is 2. The maximum Gasteiger partial charge on any atom is 0.306 e. The third-order valence-corrected chi connectivity index (χ3v) is 4.05. The molecule has 0 spiro atoms. The fourth-order valence-corrected chi connectivity index (χ4v) is 2.77. The molecule has 1 aromatic heterocycles. The van der Waals surface area contributed by atoms with Crippen LogP contribution in [0.5, 0.6) is 0 Å². The van der Waals surface area contributed by atoms with E-state index >= 15 is 0 Å². The molecule has 0 aliphatic rings. The van der Waals surface area contributed by atoms with E-state index in [0.717, 1.165) is 15.9 Å². The van der Waals surface area contributed by atoms with E-state index in [-0.39, 0.29) is 37.6 Å². The first-order valence-corrected chi connectivity index (χ1v) is 9.17. The number of hydrogen-bond acceptors (Lipinski definition) is 5. The normalized spacial score (nSPS) is 10.4. The molecule has 1 heterocycles. The standard InChI is InChI=1S/C21H25NO5/c1-3-26-20(23)12-10-18-14-17(16-8-6-5-7-9-16)15-19(22(18)25)11-13-21(24)27-4-2/h5-9,14-15H,3-4,10-13H2,1-2H3. The second kappa shape index (κ2) is 10.3. The quantitative estimate of drug-likeness (QED) is 0.385. The highest BCUT2D eigenvalue weighted by atomic mass is 16.5. The van der Waals surface area contributed by atoms with Gasteiger partial charge < -0.3 is 14.7 Å². The molecule has 0 bridgehead atoms. The Morgan fingerprint density at radius 1 is 0.852 bits per heavy atom. The molecule has 0 unspecified atom stereocenters. The predicted molar refractivity (Wildman–Crippen MR) is 101 cm³/mol. The van der Waals surface area contributed by atoms with Crippen molar-refractivity contribution in [2.24, 2.45) is 0 Å². The largest absolute Gasteiger partial charge is 0.618 e.